The minimum Gasteiger partial charge on any atom is -0.465 e. The van der Waals surface area contributed by atoms with Crippen molar-refractivity contribution < 1.29 is 14.3 Å². The van der Waals surface area contributed by atoms with Crippen LogP contribution in [-0.4, -0.2) is 40.7 Å². The van der Waals surface area contributed by atoms with Crippen LogP contribution in [0.1, 0.15) is 35.3 Å². The lowest BCUT2D eigenvalue weighted by molar-refractivity contribution is -0.120. The summed E-state index contributed by atoms with van der Waals surface area (Å²) in [5.41, 5.74) is 0.0502. The number of nitrogens with one attached hydrogen (secondary N) is 2. The Balaban J connectivity index is 2.35. The van der Waals surface area contributed by atoms with Gasteiger partial charge in [0, 0.05) is 12.2 Å². The number of H-pyrrole nitrogens is 1. The maximum atomic E-state index is 12.0. The molecule has 21 heavy (non-hydrogen) atoms. The molecule has 2 N–H and O–H groups in total. The first-order chi connectivity index (χ1) is 10.0. The summed E-state index contributed by atoms with van der Waals surface area (Å²) in [6.07, 6.45) is 2.52. The fraction of sp³-hybridized carbons (Fsp3) is 0.538. The molecule has 0 spiro atoms. The number of aryl methyl sites for hydroxylation is 1. The number of amides is 1. The van der Waals surface area contributed by atoms with Gasteiger partial charge in [0.25, 0.3) is 0 Å². The van der Waals surface area contributed by atoms with Gasteiger partial charge in [0.05, 0.1) is 12.4 Å². The first kappa shape index (κ1) is 15.6. The third kappa shape index (κ3) is 3.63. The van der Waals surface area contributed by atoms with Gasteiger partial charge in [-0.15, -0.1) is 0 Å². The van der Waals surface area contributed by atoms with Crippen LogP contribution >= 0.6 is 11.8 Å². The largest absolute Gasteiger partial charge is 0.465 e. The summed E-state index contributed by atoms with van der Waals surface area (Å²) in [4.78, 5) is 41.7. The van der Waals surface area contributed by atoms with Crippen LogP contribution in [0.25, 0.3) is 0 Å². The van der Waals surface area contributed by atoms with E-state index in [0.29, 0.717) is 18.7 Å². The fourth-order valence-electron chi connectivity index (χ4n) is 2.15. The average molecular weight is 311 g/mol. The summed E-state index contributed by atoms with van der Waals surface area (Å²) >= 11 is 1.14. The van der Waals surface area contributed by atoms with Crippen LogP contribution in [0.4, 0.5) is 0 Å². The van der Waals surface area contributed by atoms with E-state index in [2.05, 4.69) is 15.3 Å². The molecule has 1 atom stereocenters. The Bertz CT molecular complexity index is 614. The Morgan fingerprint density at radius 2 is 2.14 bits per heavy atom. The number of ether oxygens (including phenoxy) is 1. The SMILES string of the molecule is COC(=O)c1c(SC2CCCCNC2=O)nc(=O)[nH]c1C. The molecule has 0 saturated carbocycles. The molecular formula is C13H17N3O4S. The topological polar surface area (TPSA) is 101 Å². The Hall–Kier alpha value is -1.83. The summed E-state index contributed by atoms with van der Waals surface area (Å²) < 4.78 is 4.72. The summed E-state index contributed by atoms with van der Waals surface area (Å²) in [5, 5.41) is 2.70. The van der Waals surface area contributed by atoms with Gasteiger partial charge in [0.1, 0.15) is 10.6 Å². The van der Waals surface area contributed by atoms with Gasteiger partial charge < -0.3 is 15.0 Å². The van der Waals surface area contributed by atoms with E-state index in [1.54, 1.807) is 6.92 Å². The lowest BCUT2D eigenvalue weighted by Gasteiger charge is -2.14. The van der Waals surface area contributed by atoms with E-state index in [1.165, 1.54) is 7.11 Å². The minimum absolute atomic E-state index is 0.0898. The lowest BCUT2D eigenvalue weighted by Crippen LogP contribution is -2.31. The highest BCUT2D eigenvalue weighted by atomic mass is 32.2. The van der Waals surface area contributed by atoms with Crippen molar-refractivity contribution in [3.63, 3.8) is 0 Å². The molecule has 7 nitrogen and oxygen atoms in total. The predicted molar refractivity (Wildman–Crippen MR) is 77.4 cm³/mol. The van der Waals surface area contributed by atoms with E-state index >= 15 is 0 Å². The fourth-order valence-corrected chi connectivity index (χ4v) is 3.38. The average Bonchev–Trinajstić information content (AvgIpc) is 2.63. The highest BCUT2D eigenvalue weighted by Crippen LogP contribution is 2.29. The zero-order valence-corrected chi connectivity index (χ0v) is 12.7. The van der Waals surface area contributed by atoms with Gasteiger partial charge in [-0.05, 0) is 19.8 Å². The number of carbonyl (C=O) groups excluding carboxylic acids is 2. The van der Waals surface area contributed by atoms with Crippen LogP contribution in [0.15, 0.2) is 9.82 Å². The number of aromatic amines is 1. The standard InChI is InChI=1S/C13H17N3O4S/c1-7-9(12(18)20-2)11(16-13(19)15-7)21-8-5-3-4-6-14-10(8)17/h8H,3-6H2,1-2H3,(H,14,17)(H,15,16,19). The number of carbonyl (C=O) groups is 2. The van der Waals surface area contributed by atoms with Crippen molar-refractivity contribution in [1.29, 1.82) is 0 Å². The van der Waals surface area contributed by atoms with Crippen LogP contribution < -0.4 is 11.0 Å². The van der Waals surface area contributed by atoms with Crippen LogP contribution in [0.3, 0.4) is 0 Å². The van der Waals surface area contributed by atoms with Gasteiger partial charge in [0.15, 0.2) is 0 Å². The van der Waals surface area contributed by atoms with E-state index in [9.17, 15) is 14.4 Å². The molecule has 1 saturated heterocycles. The molecule has 2 rings (SSSR count). The number of rotatable bonds is 3. The Labute approximate surface area is 125 Å². The van der Waals surface area contributed by atoms with Gasteiger partial charge in [-0.1, -0.05) is 18.2 Å². The van der Waals surface area contributed by atoms with Gasteiger partial charge in [-0.25, -0.2) is 9.59 Å². The molecule has 0 radical (unpaired) electrons. The van der Waals surface area contributed by atoms with Crippen molar-refractivity contribution in [3.8, 4) is 0 Å². The molecule has 1 aliphatic heterocycles. The van der Waals surface area contributed by atoms with E-state index in [1.807, 2.05) is 0 Å². The zero-order valence-electron chi connectivity index (χ0n) is 11.9. The van der Waals surface area contributed by atoms with Gasteiger partial charge in [0.2, 0.25) is 5.91 Å². The molecule has 1 aromatic rings. The van der Waals surface area contributed by atoms with Crippen molar-refractivity contribution >= 4 is 23.6 Å². The second-order valence-corrected chi connectivity index (χ2v) is 5.92. The summed E-state index contributed by atoms with van der Waals surface area (Å²) in [6.45, 7) is 2.26. The summed E-state index contributed by atoms with van der Waals surface area (Å²) in [5.74, 6) is -0.666. The highest BCUT2D eigenvalue weighted by Gasteiger charge is 2.26. The molecule has 0 aromatic carbocycles. The number of aromatic nitrogens is 2. The molecule has 1 fully saturated rings. The van der Waals surface area contributed by atoms with E-state index < -0.39 is 11.7 Å². The number of thioether (sulfide) groups is 1. The summed E-state index contributed by atoms with van der Waals surface area (Å²) in [6, 6.07) is 0. The Kier molecular flexibility index (Phi) is 5.00. The minimum atomic E-state index is -0.576. The first-order valence-corrected chi connectivity index (χ1v) is 7.54. The van der Waals surface area contributed by atoms with Crippen molar-refractivity contribution in [3.05, 3.63) is 21.7 Å². The number of nitrogens with zero attached hydrogens (tertiary/aromatic N) is 1. The lowest BCUT2D eigenvalue weighted by atomic mass is 10.2. The third-order valence-electron chi connectivity index (χ3n) is 3.21. The van der Waals surface area contributed by atoms with Crippen LogP contribution in [0.5, 0.6) is 0 Å². The van der Waals surface area contributed by atoms with Crippen molar-refractivity contribution in [1.82, 2.24) is 15.3 Å². The van der Waals surface area contributed by atoms with Crippen LogP contribution in [0, 0.1) is 6.92 Å². The smallest absolute Gasteiger partial charge is 0.346 e. The molecule has 114 valence electrons. The zero-order chi connectivity index (χ0) is 15.4. The van der Waals surface area contributed by atoms with Crippen molar-refractivity contribution in [2.24, 2.45) is 0 Å². The van der Waals surface area contributed by atoms with E-state index in [-0.39, 0.29) is 21.7 Å². The van der Waals surface area contributed by atoms with Crippen molar-refractivity contribution in [2.45, 2.75) is 36.5 Å². The van der Waals surface area contributed by atoms with Crippen LogP contribution in [-0.2, 0) is 9.53 Å². The van der Waals surface area contributed by atoms with Gasteiger partial charge in [-0.2, -0.15) is 4.98 Å². The number of methoxy groups -OCH3 is 1. The number of esters is 1. The number of hydrogen-bond donors (Lipinski definition) is 2. The number of hydrogen-bond acceptors (Lipinski definition) is 6. The van der Waals surface area contributed by atoms with Crippen LogP contribution in [0.2, 0.25) is 0 Å². The molecule has 1 unspecified atom stereocenters. The second-order valence-electron chi connectivity index (χ2n) is 4.73. The quantitative estimate of drug-likeness (QED) is 0.627. The molecule has 0 aliphatic carbocycles. The van der Waals surface area contributed by atoms with Gasteiger partial charge >= 0.3 is 11.7 Å². The van der Waals surface area contributed by atoms with E-state index in [0.717, 1.165) is 24.6 Å². The van der Waals surface area contributed by atoms with E-state index in [4.69, 9.17) is 4.74 Å². The molecular weight excluding hydrogens is 294 g/mol. The third-order valence-corrected chi connectivity index (χ3v) is 4.47. The molecule has 0 bridgehead atoms. The Morgan fingerprint density at radius 1 is 1.38 bits per heavy atom. The van der Waals surface area contributed by atoms with Gasteiger partial charge in [-0.3, -0.25) is 4.79 Å². The Morgan fingerprint density at radius 3 is 2.86 bits per heavy atom. The maximum absolute atomic E-state index is 12.0. The van der Waals surface area contributed by atoms with Crippen molar-refractivity contribution in [2.75, 3.05) is 13.7 Å². The summed E-state index contributed by atoms with van der Waals surface area (Å²) in [7, 11) is 1.26. The molecule has 1 aliphatic rings. The molecule has 8 heteroatoms. The highest BCUT2D eigenvalue weighted by molar-refractivity contribution is 8.00. The molecule has 1 amide bonds. The molecule has 2 heterocycles. The second kappa shape index (κ2) is 6.75. The molecule has 1 aromatic heterocycles. The first-order valence-electron chi connectivity index (χ1n) is 6.66. The predicted octanol–water partition coefficient (Wildman–Crippen LogP) is 0.626. The maximum Gasteiger partial charge on any atom is 0.346 e. The monoisotopic (exact) mass is 311 g/mol. The normalized spacial score (nSPS) is 18.8.